The van der Waals surface area contributed by atoms with E-state index in [9.17, 15) is 17.6 Å². The van der Waals surface area contributed by atoms with E-state index in [1.54, 1.807) is 28.5 Å². The number of halogens is 1. The summed E-state index contributed by atoms with van der Waals surface area (Å²) in [6, 6.07) is 7.85. The second kappa shape index (κ2) is 7.81. The van der Waals surface area contributed by atoms with Crippen LogP contribution in [0, 0.1) is 5.82 Å². The normalized spacial score (nSPS) is 18.6. The number of rotatable bonds is 4. The number of carbonyl (C=O) groups is 1. The number of carbonyl (C=O) groups excluding carboxylic acids is 1. The minimum atomic E-state index is -3.62. The van der Waals surface area contributed by atoms with Crippen molar-refractivity contribution < 1.29 is 17.6 Å². The zero-order chi connectivity index (χ0) is 19.7. The second-order valence-corrected chi connectivity index (χ2v) is 9.80. The number of thiophene rings is 1. The molecule has 0 radical (unpaired) electrons. The van der Waals surface area contributed by atoms with Crippen molar-refractivity contribution in [2.24, 2.45) is 0 Å². The molecule has 0 atom stereocenters. The first kappa shape index (κ1) is 19.4. The summed E-state index contributed by atoms with van der Waals surface area (Å²) in [6.45, 7) is 3.27. The van der Waals surface area contributed by atoms with Gasteiger partial charge in [0.05, 0.1) is 0 Å². The molecule has 2 aromatic rings. The highest BCUT2D eigenvalue weighted by atomic mass is 32.2. The summed E-state index contributed by atoms with van der Waals surface area (Å²) in [4.78, 5) is 17.2. The van der Waals surface area contributed by atoms with E-state index in [2.05, 4.69) is 4.90 Å². The Hall–Kier alpha value is -1.97. The molecule has 6 nitrogen and oxygen atoms in total. The fourth-order valence-electron chi connectivity index (χ4n) is 3.69. The summed E-state index contributed by atoms with van der Waals surface area (Å²) in [5.74, 6) is -0.506. The zero-order valence-corrected chi connectivity index (χ0v) is 17.0. The molecule has 0 aliphatic carbocycles. The smallest absolute Gasteiger partial charge is 0.265 e. The van der Waals surface area contributed by atoms with E-state index >= 15 is 0 Å². The van der Waals surface area contributed by atoms with Crippen LogP contribution in [0.3, 0.4) is 0 Å². The number of hydrogen-bond donors (Lipinski definition) is 0. The lowest BCUT2D eigenvalue weighted by molar-refractivity contribution is 0.0748. The molecule has 4 rings (SSSR count). The van der Waals surface area contributed by atoms with Crippen LogP contribution in [0.4, 0.5) is 10.1 Å². The molecule has 0 spiro atoms. The van der Waals surface area contributed by atoms with Crippen molar-refractivity contribution in [2.45, 2.75) is 17.7 Å². The molecule has 9 heteroatoms. The van der Waals surface area contributed by atoms with E-state index in [0.717, 1.165) is 18.5 Å². The molecule has 0 saturated carbocycles. The van der Waals surface area contributed by atoms with Crippen LogP contribution in [0.15, 0.2) is 40.6 Å². The third-order valence-electron chi connectivity index (χ3n) is 5.26. The molecule has 2 saturated heterocycles. The van der Waals surface area contributed by atoms with Gasteiger partial charge in [0, 0.05) is 45.0 Å². The number of anilines is 1. The van der Waals surface area contributed by atoms with Crippen LogP contribution in [-0.4, -0.2) is 62.8 Å². The third kappa shape index (κ3) is 3.66. The molecular weight excluding hydrogens is 401 g/mol. The summed E-state index contributed by atoms with van der Waals surface area (Å²) in [5, 5.41) is 1.67. The number of benzene rings is 1. The van der Waals surface area contributed by atoms with Crippen LogP contribution in [0.5, 0.6) is 0 Å². The molecule has 1 aromatic carbocycles. The minimum absolute atomic E-state index is 0.130. The molecule has 2 aliphatic rings. The van der Waals surface area contributed by atoms with Gasteiger partial charge >= 0.3 is 0 Å². The van der Waals surface area contributed by atoms with Crippen molar-refractivity contribution in [2.75, 3.05) is 44.2 Å². The molecule has 1 amide bonds. The Balaban J connectivity index is 1.46. The van der Waals surface area contributed by atoms with Gasteiger partial charge in [0.1, 0.15) is 15.6 Å². The Morgan fingerprint density at radius 3 is 2.21 bits per heavy atom. The SMILES string of the molecule is O=C(c1sccc1S(=O)(=O)N1CCCC1)N1CCN(c2ccc(F)cc2)CC1. The van der Waals surface area contributed by atoms with E-state index in [4.69, 9.17) is 0 Å². The Morgan fingerprint density at radius 2 is 1.57 bits per heavy atom. The quantitative estimate of drug-likeness (QED) is 0.759. The van der Waals surface area contributed by atoms with E-state index in [1.807, 2.05) is 0 Å². The van der Waals surface area contributed by atoms with E-state index in [-0.39, 0.29) is 16.6 Å². The number of hydrogen-bond acceptors (Lipinski definition) is 5. The maximum absolute atomic E-state index is 13.1. The van der Waals surface area contributed by atoms with Crippen LogP contribution in [0.25, 0.3) is 0 Å². The molecule has 0 bridgehead atoms. The summed E-state index contributed by atoms with van der Waals surface area (Å²) >= 11 is 1.18. The number of amides is 1. The Labute approximate surface area is 168 Å². The van der Waals surface area contributed by atoms with Gasteiger partial charge in [-0.1, -0.05) is 0 Å². The Morgan fingerprint density at radius 1 is 0.929 bits per heavy atom. The van der Waals surface area contributed by atoms with Gasteiger partial charge in [-0.15, -0.1) is 11.3 Å². The Kier molecular flexibility index (Phi) is 5.39. The lowest BCUT2D eigenvalue weighted by Gasteiger charge is -2.36. The van der Waals surface area contributed by atoms with Crippen LogP contribution in [0.2, 0.25) is 0 Å². The second-order valence-electron chi connectivity index (χ2n) is 6.98. The molecule has 150 valence electrons. The molecule has 28 heavy (non-hydrogen) atoms. The van der Waals surface area contributed by atoms with Gasteiger partial charge in [-0.05, 0) is 48.6 Å². The predicted octanol–water partition coefficient (Wildman–Crippen LogP) is 2.63. The molecule has 2 aliphatic heterocycles. The fraction of sp³-hybridized carbons (Fsp3) is 0.421. The largest absolute Gasteiger partial charge is 0.368 e. The maximum atomic E-state index is 13.1. The average Bonchev–Trinajstić information content (AvgIpc) is 3.41. The van der Waals surface area contributed by atoms with Crippen molar-refractivity contribution in [3.05, 3.63) is 46.4 Å². The lowest BCUT2D eigenvalue weighted by atomic mass is 10.2. The van der Waals surface area contributed by atoms with Crippen LogP contribution in [0.1, 0.15) is 22.5 Å². The standard InChI is InChI=1S/C19H22FN3O3S2/c20-15-3-5-16(6-4-15)21-10-12-22(13-11-21)19(24)18-17(7-14-27-18)28(25,26)23-8-1-2-9-23/h3-7,14H,1-2,8-13H2. The maximum Gasteiger partial charge on any atom is 0.265 e. The molecular formula is C19H22FN3O3S2. The molecule has 3 heterocycles. The van der Waals surface area contributed by atoms with E-state index < -0.39 is 10.0 Å². The molecule has 0 unspecified atom stereocenters. The van der Waals surface area contributed by atoms with Gasteiger partial charge in [0.15, 0.2) is 0 Å². The Bertz CT molecular complexity index is 945. The van der Waals surface area contributed by atoms with Gasteiger partial charge in [-0.25, -0.2) is 12.8 Å². The monoisotopic (exact) mass is 423 g/mol. The fourth-order valence-corrected chi connectivity index (χ4v) is 6.57. The molecule has 0 N–H and O–H groups in total. The number of nitrogens with zero attached hydrogens (tertiary/aromatic N) is 3. The van der Waals surface area contributed by atoms with Gasteiger partial charge in [0.2, 0.25) is 10.0 Å². The van der Waals surface area contributed by atoms with E-state index in [1.165, 1.54) is 27.8 Å². The van der Waals surface area contributed by atoms with Crippen molar-refractivity contribution in [3.63, 3.8) is 0 Å². The lowest BCUT2D eigenvalue weighted by Crippen LogP contribution is -2.49. The van der Waals surface area contributed by atoms with Crippen molar-refractivity contribution in [1.29, 1.82) is 0 Å². The number of piperazine rings is 1. The molecule has 2 fully saturated rings. The van der Waals surface area contributed by atoms with Crippen molar-refractivity contribution in [1.82, 2.24) is 9.21 Å². The summed E-state index contributed by atoms with van der Waals surface area (Å²) in [6.07, 6.45) is 1.72. The summed E-state index contributed by atoms with van der Waals surface area (Å²) < 4.78 is 40.4. The first-order chi connectivity index (χ1) is 13.5. The summed E-state index contributed by atoms with van der Waals surface area (Å²) in [7, 11) is -3.62. The zero-order valence-electron chi connectivity index (χ0n) is 15.4. The number of sulfonamides is 1. The molecule has 1 aromatic heterocycles. The summed E-state index contributed by atoms with van der Waals surface area (Å²) in [5.41, 5.74) is 0.918. The third-order valence-corrected chi connectivity index (χ3v) is 8.24. The van der Waals surface area contributed by atoms with Crippen LogP contribution < -0.4 is 4.90 Å². The van der Waals surface area contributed by atoms with Gasteiger partial charge < -0.3 is 9.80 Å². The van der Waals surface area contributed by atoms with Gasteiger partial charge in [-0.2, -0.15) is 4.31 Å². The van der Waals surface area contributed by atoms with Gasteiger partial charge in [0.25, 0.3) is 5.91 Å². The first-order valence-corrected chi connectivity index (χ1v) is 11.7. The minimum Gasteiger partial charge on any atom is -0.368 e. The average molecular weight is 424 g/mol. The van der Waals surface area contributed by atoms with Gasteiger partial charge in [-0.3, -0.25) is 4.79 Å². The van der Waals surface area contributed by atoms with Crippen LogP contribution >= 0.6 is 11.3 Å². The highest BCUT2D eigenvalue weighted by Crippen LogP contribution is 2.29. The van der Waals surface area contributed by atoms with Crippen molar-refractivity contribution >= 4 is 33.0 Å². The van der Waals surface area contributed by atoms with Crippen LogP contribution in [-0.2, 0) is 10.0 Å². The van der Waals surface area contributed by atoms with Crippen molar-refractivity contribution in [3.8, 4) is 0 Å². The highest BCUT2D eigenvalue weighted by Gasteiger charge is 2.33. The first-order valence-electron chi connectivity index (χ1n) is 9.34. The highest BCUT2D eigenvalue weighted by molar-refractivity contribution is 7.89. The van der Waals surface area contributed by atoms with E-state index in [0.29, 0.717) is 44.1 Å². The predicted molar refractivity (Wildman–Crippen MR) is 107 cm³/mol. The topological polar surface area (TPSA) is 60.9 Å².